The average molecular weight is 421 g/mol. The molecular formula is C21H23N7O3. The molecule has 0 spiro atoms. The molecule has 2 aromatic carbocycles. The van der Waals surface area contributed by atoms with Crippen LogP contribution in [0, 0.1) is 10.1 Å². The van der Waals surface area contributed by atoms with Crippen LogP contribution in [0.5, 0.6) is 5.75 Å². The van der Waals surface area contributed by atoms with Gasteiger partial charge in [-0.3, -0.25) is 10.1 Å². The van der Waals surface area contributed by atoms with Crippen molar-refractivity contribution in [3.8, 4) is 5.75 Å². The maximum Gasteiger partial charge on any atom is 0.309 e. The van der Waals surface area contributed by atoms with Crippen LogP contribution in [-0.2, 0) is 0 Å². The number of rotatable bonds is 6. The van der Waals surface area contributed by atoms with Gasteiger partial charge in [0.2, 0.25) is 11.8 Å². The van der Waals surface area contributed by atoms with Crippen molar-refractivity contribution in [2.24, 2.45) is 20.1 Å². The molecule has 0 aromatic heterocycles. The van der Waals surface area contributed by atoms with Crippen LogP contribution in [0.15, 0.2) is 68.6 Å². The van der Waals surface area contributed by atoms with Gasteiger partial charge in [0.15, 0.2) is 0 Å². The number of nitro groups is 1. The predicted octanol–water partition coefficient (Wildman–Crippen LogP) is 2.89. The van der Waals surface area contributed by atoms with E-state index in [-0.39, 0.29) is 17.5 Å². The van der Waals surface area contributed by atoms with Crippen LogP contribution in [0.3, 0.4) is 0 Å². The van der Waals surface area contributed by atoms with E-state index in [9.17, 15) is 10.1 Å². The minimum atomic E-state index is -1.23. The maximum atomic E-state index is 11.5. The van der Waals surface area contributed by atoms with Crippen LogP contribution in [0.2, 0.25) is 0 Å². The molecular weight excluding hydrogens is 398 g/mol. The number of aliphatic imine (C=N–C) groups is 3. The van der Waals surface area contributed by atoms with E-state index in [1.165, 1.54) is 0 Å². The van der Waals surface area contributed by atoms with E-state index in [2.05, 4.69) is 25.5 Å². The molecule has 0 aliphatic carbocycles. The Morgan fingerprint density at radius 2 is 1.81 bits per heavy atom. The summed E-state index contributed by atoms with van der Waals surface area (Å²) in [6, 6.07) is 13.4. The smallest absolute Gasteiger partial charge is 0.309 e. The number of ether oxygens (including phenoxy) is 1. The van der Waals surface area contributed by atoms with E-state index in [1.54, 1.807) is 44.5 Å². The summed E-state index contributed by atoms with van der Waals surface area (Å²) < 4.78 is 5.12. The standard InChI is InChI=1S/C21H23N7O3/c1-14-19(28(29)30)20(24-16-7-11-18(31-4)12-8-16)25-21(23-14)26-22-13-15-5-9-17(10-6-15)27(2)3/h5-13,19H,1-4H3,(H,24,25,26)/b22-13+. The topological polar surface area (TPSA) is 117 Å². The Morgan fingerprint density at radius 3 is 2.39 bits per heavy atom. The molecule has 0 bridgehead atoms. The third-order valence-electron chi connectivity index (χ3n) is 4.46. The minimum Gasteiger partial charge on any atom is -0.497 e. The van der Waals surface area contributed by atoms with Crippen LogP contribution < -0.4 is 15.1 Å². The fourth-order valence-corrected chi connectivity index (χ4v) is 2.80. The third kappa shape index (κ3) is 5.50. The van der Waals surface area contributed by atoms with E-state index in [0.29, 0.717) is 11.4 Å². The van der Waals surface area contributed by atoms with Crippen molar-refractivity contribution in [1.82, 2.24) is 5.43 Å². The first kappa shape index (κ1) is 21.6. The van der Waals surface area contributed by atoms with Crippen LogP contribution in [-0.4, -0.2) is 55.9 Å². The molecule has 3 rings (SSSR count). The Labute approximate surface area is 179 Å². The van der Waals surface area contributed by atoms with Crippen LogP contribution >= 0.6 is 0 Å². The van der Waals surface area contributed by atoms with Gasteiger partial charge in [0.25, 0.3) is 0 Å². The van der Waals surface area contributed by atoms with E-state index in [0.717, 1.165) is 11.3 Å². The first-order chi connectivity index (χ1) is 14.9. The molecule has 1 N–H and O–H groups in total. The lowest BCUT2D eigenvalue weighted by molar-refractivity contribution is -0.484. The van der Waals surface area contributed by atoms with E-state index < -0.39 is 11.0 Å². The van der Waals surface area contributed by atoms with Gasteiger partial charge in [0.05, 0.1) is 19.0 Å². The van der Waals surface area contributed by atoms with Crippen LogP contribution in [0.4, 0.5) is 11.4 Å². The number of guanidine groups is 1. The summed E-state index contributed by atoms with van der Waals surface area (Å²) in [5, 5.41) is 15.7. The second-order valence-electron chi connectivity index (χ2n) is 6.90. The van der Waals surface area contributed by atoms with Gasteiger partial charge in [-0.1, -0.05) is 12.1 Å². The number of benzene rings is 2. The largest absolute Gasteiger partial charge is 0.497 e. The average Bonchev–Trinajstić information content (AvgIpc) is 2.74. The zero-order chi connectivity index (χ0) is 22.4. The molecule has 1 atom stereocenters. The summed E-state index contributed by atoms with van der Waals surface area (Å²) in [4.78, 5) is 25.8. The van der Waals surface area contributed by atoms with Crippen LogP contribution in [0.1, 0.15) is 12.5 Å². The van der Waals surface area contributed by atoms with Gasteiger partial charge < -0.3 is 9.64 Å². The van der Waals surface area contributed by atoms with E-state index in [4.69, 9.17) is 4.74 Å². The quantitative estimate of drug-likeness (QED) is 0.437. The zero-order valence-electron chi connectivity index (χ0n) is 17.7. The summed E-state index contributed by atoms with van der Waals surface area (Å²) in [5.41, 5.74) is 5.47. The van der Waals surface area contributed by atoms with Gasteiger partial charge in [0, 0.05) is 24.7 Å². The molecule has 160 valence electrons. The Hall–Kier alpha value is -4.08. The van der Waals surface area contributed by atoms with Gasteiger partial charge in [-0.15, -0.1) is 0 Å². The van der Waals surface area contributed by atoms with Crippen LogP contribution in [0.25, 0.3) is 0 Å². The van der Waals surface area contributed by atoms with Crippen molar-refractivity contribution in [3.05, 3.63) is 64.2 Å². The number of methoxy groups -OCH3 is 1. The van der Waals surface area contributed by atoms with Gasteiger partial charge in [-0.25, -0.2) is 15.4 Å². The van der Waals surface area contributed by atoms with E-state index in [1.807, 2.05) is 43.3 Å². The van der Waals surface area contributed by atoms with Crippen molar-refractivity contribution in [3.63, 3.8) is 0 Å². The lowest BCUT2D eigenvalue weighted by atomic mass is 10.1. The van der Waals surface area contributed by atoms with Crippen molar-refractivity contribution in [1.29, 1.82) is 0 Å². The first-order valence-electron chi connectivity index (χ1n) is 9.44. The van der Waals surface area contributed by atoms with Gasteiger partial charge in [-0.2, -0.15) is 10.1 Å². The van der Waals surface area contributed by atoms with Crippen molar-refractivity contribution < 1.29 is 9.66 Å². The number of anilines is 1. The number of nitrogens with one attached hydrogen (secondary N) is 1. The zero-order valence-corrected chi connectivity index (χ0v) is 17.7. The molecule has 1 aliphatic rings. The number of hydrogen-bond donors (Lipinski definition) is 1. The Balaban J connectivity index is 1.81. The summed E-state index contributed by atoms with van der Waals surface area (Å²) >= 11 is 0. The monoisotopic (exact) mass is 421 g/mol. The molecule has 0 saturated heterocycles. The summed E-state index contributed by atoms with van der Waals surface area (Å²) in [5.74, 6) is 0.815. The molecule has 31 heavy (non-hydrogen) atoms. The second-order valence-corrected chi connectivity index (χ2v) is 6.90. The molecule has 1 aliphatic heterocycles. The van der Waals surface area contributed by atoms with Gasteiger partial charge in [0.1, 0.15) is 11.5 Å². The molecule has 0 radical (unpaired) electrons. The molecule has 0 saturated carbocycles. The Kier molecular flexibility index (Phi) is 6.71. The van der Waals surface area contributed by atoms with Crippen molar-refractivity contribution in [2.45, 2.75) is 13.0 Å². The highest BCUT2D eigenvalue weighted by atomic mass is 16.6. The molecule has 0 amide bonds. The molecule has 1 heterocycles. The number of nitrogens with zero attached hydrogens (tertiary/aromatic N) is 6. The number of hydrazone groups is 1. The molecule has 10 nitrogen and oxygen atoms in total. The first-order valence-corrected chi connectivity index (χ1v) is 9.44. The SMILES string of the molecule is COc1ccc(N=C2N=C(N/N=C/c3ccc(N(C)C)cc3)N=C(C)C2[N+](=O)[O-])cc1. The molecule has 2 aromatic rings. The lowest BCUT2D eigenvalue weighted by Gasteiger charge is -2.15. The maximum absolute atomic E-state index is 11.5. The Bertz CT molecular complexity index is 1060. The number of amidine groups is 1. The van der Waals surface area contributed by atoms with Gasteiger partial charge >= 0.3 is 6.04 Å². The summed E-state index contributed by atoms with van der Waals surface area (Å²) in [6.45, 7) is 1.57. The van der Waals surface area contributed by atoms with Gasteiger partial charge in [-0.05, 0) is 48.9 Å². The highest BCUT2D eigenvalue weighted by Crippen LogP contribution is 2.20. The van der Waals surface area contributed by atoms with Crippen molar-refractivity contribution >= 4 is 35.1 Å². The van der Waals surface area contributed by atoms with E-state index >= 15 is 0 Å². The minimum absolute atomic E-state index is 0.0238. The fraction of sp³-hybridized carbons (Fsp3) is 0.238. The predicted molar refractivity (Wildman–Crippen MR) is 123 cm³/mol. The molecule has 10 heteroatoms. The lowest BCUT2D eigenvalue weighted by Crippen LogP contribution is -2.40. The van der Waals surface area contributed by atoms with Crippen molar-refractivity contribution in [2.75, 3.05) is 26.1 Å². The highest BCUT2D eigenvalue weighted by Gasteiger charge is 2.34. The molecule has 1 unspecified atom stereocenters. The summed E-state index contributed by atoms with van der Waals surface area (Å²) in [7, 11) is 5.49. The third-order valence-corrected chi connectivity index (χ3v) is 4.46. The normalized spacial score (nSPS) is 17.3. The number of hydrogen-bond acceptors (Lipinski definition) is 8. The summed E-state index contributed by atoms with van der Waals surface area (Å²) in [6.07, 6.45) is 1.62. The second kappa shape index (κ2) is 9.61. The highest BCUT2D eigenvalue weighted by molar-refractivity contribution is 6.18. The molecule has 0 fully saturated rings. The fourth-order valence-electron chi connectivity index (χ4n) is 2.80. The Morgan fingerprint density at radius 1 is 1.13 bits per heavy atom.